The number of hydrogen-bond acceptors (Lipinski definition) is 7. The molecule has 1 aromatic heterocycles. The summed E-state index contributed by atoms with van der Waals surface area (Å²) in [4.78, 5) is 24.1. The maximum atomic E-state index is 12.4. The average Bonchev–Trinajstić information content (AvgIpc) is 3.31. The molecule has 3 aliphatic heterocycles. The van der Waals surface area contributed by atoms with Crippen molar-refractivity contribution in [3.8, 4) is 0 Å². The standard InChI is InChI=1S/C22H28N6O3S/c1-23-32(30,31)18-6-4-17(5-7-18)27-11-9-26(10-12-27)15-16-13-19-21(24-14-16)28-8-2-3-20(28)22(29)25-19/h4-7,13-14,20,23H,2-3,8-12,15H2,1H3,(H,25,29)/t20-/m0/s1. The Kier molecular flexibility index (Phi) is 5.52. The number of piperazine rings is 1. The third-order valence-corrected chi connectivity index (χ3v) is 8.00. The van der Waals surface area contributed by atoms with Crippen LogP contribution in [-0.4, -0.2) is 70.0 Å². The summed E-state index contributed by atoms with van der Waals surface area (Å²) in [7, 11) is -2.00. The molecule has 2 saturated heterocycles. The van der Waals surface area contributed by atoms with E-state index in [9.17, 15) is 13.2 Å². The zero-order valence-corrected chi connectivity index (χ0v) is 18.9. The number of carbonyl (C=O) groups excluding carboxylic acids is 1. The number of fused-ring (bicyclic) bond motifs is 3. The van der Waals surface area contributed by atoms with Crippen molar-refractivity contribution in [1.29, 1.82) is 0 Å². The van der Waals surface area contributed by atoms with Crippen LogP contribution in [0.25, 0.3) is 0 Å². The largest absolute Gasteiger partial charge is 0.369 e. The second-order valence-electron chi connectivity index (χ2n) is 8.52. The van der Waals surface area contributed by atoms with Gasteiger partial charge in [0.1, 0.15) is 6.04 Å². The molecule has 3 aliphatic rings. The first-order chi connectivity index (χ1) is 15.4. The predicted molar refractivity (Wildman–Crippen MR) is 123 cm³/mol. The molecule has 2 fully saturated rings. The molecule has 2 aromatic rings. The van der Waals surface area contributed by atoms with Crippen molar-refractivity contribution in [2.45, 2.75) is 30.3 Å². The third-order valence-electron chi connectivity index (χ3n) is 6.57. The van der Waals surface area contributed by atoms with Crippen molar-refractivity contribution in [2.24, 2.45) is 0 Å². The number of hydrogen-bond donors (Lipinski definition) is 2. The fraction of sp³-hybridized carbons (Fsp3) is 0.455. The highest BCUT2D eigenvalue weighted by molar-refractivity contribution is 7.89. The van der Waals surface area contributed by atoms with E-state index in [-0.39, 0.29) is 16.8 Å². The van der Waals surface area contributed by atoms with Crippen LogP contribution in [0.4, 0.5) is 17.2 Å². The van der Waals surface area contributed by atoms with Gasteiger partial charge >= 0.3 is 0 Å². The zero-order valence-electron chi connectivity index (χ0n) is 18.1. The average molecular weight is 457 g/mol. The molecule has 4 heterocycles. The molecule has 170 valence electrons. The second kappa shape index (κ2) is 8.34. The molecule has 1 amide bonds. The number of anilines is 3. The maximum absolute atomic E-state index is 12.4. The van der Waals surface area contributed by atoms with Gasteiger partial charge in [-0.2, -0.15) is 0 Å². The fourth-order valence-corrected chi connectivity index (χ4v) is 5.52. The number of carbonyl (C=O) groups is 1. The molecule has 0 aliphatic carbocycles. The zero-order chi connectivity index (χ0) is 22.3. The molecule has 0 bridgehead atoms. The molecule has 10 heteroatoms. The van der Waals surface area contributed by atoms with Crippen LogP contribution in [0.3, 0.4) is 0 Å². The smallest absolute Gasteiger partial charge is 0.247 e. The Labute approximate surface area is 188 Å². The lowest BCUT2D eigenvalue weighted by molar-refractivity contribution is -0.117. The van der Waals surface area contributed by atoms with Gasteiger partial charge in [0, 0.05) is 51.2 Å². The summed E-state index contributed by atoms with van der Waals surface area (Å²) in [5.74, 6) is 0.973. The van der Waals surface area contributed by atoms with E-state index in [4.69, 9.17) is 0 Å². The highest BCUT2D eigenvalue weighted by atomic mass is 32.2. The topological polar surface area (TPSA) is 97.9 Å². The van der Waals surface area contributed by atoms with Crippen molar-refractivity contribution >= 4 is 33.1 Å². The van der Waals surface area contributed by atoms with Crippen LogP contribution in [-0.2, 0) is 21.4 Å². The first-order valence-electron chi connectivity index (χ1n) is 11.0. The van der Waals surface area contributed by atoms with Gasteiger partial charge in [0.05, 0.1) is 10.6 Å². The summed E-state index contributed by atoms with van der Waals surface area (Å²) in [6, 6.07) is 9.00. The lowest BCUT2D eigenvalue weighted by Gasteiger charge is -2.36. The van der Waals surface area contributed by atoms with Gasteiger partial charge in [-0.15, -0.1) is 0 Å². The van der Waals surface area contributed by atoms with Crippen LogP contribution in [0, 0.1) is 0 Å². The SMILES string of the molecule is CNS(=O)(=O)c1ccc(N2CCN(Cc3cnc4c(c3)NC(=O)[C@@H]3CCCN43)CC2)cc1. The van der Waals surface area contributed by atoms with Gasteiger partial charge in [-0.1, -0.05) is 0 Å². The van der Waals surface area contributed by atoms with Gasteiger partial charge in [-0.25, -0.2) is 18.1 Å². The number of rotatable bonds is 5. The second-order valence-corrected chi connectivity index (χ2v) is 10.4. The Bertz CT molecular complexity index is 1110. The monoisotopic (exact) mass is 456 g/mol. The Morgan fingerprint density at radius 3 is 2.59 bits per heavy atom. The van der Waals surface area contributed by atoms with E-state index in [1.807, 2.05) is 18.3 Å². The number of nitrogens with one attached hydrogen (secondary N) is 2. The van der Waals surface area contributed by atoms with E-state index in [0.717, 1.165) is 74.9 Å². The summed E-state index contributed by atoms with van der Waals surface area (Å²) in [6.45, 7) is 5.20. The van der Waals surface area contributed by atoms with Gasteiger partial charge in [0.2, 0.25) is 15.9 Å². The summed E-state index contributed by atoms with van der Waals surface area (Å²) in [6.07, 6.45) is 3.85. The molecule has 0 saturated carbocycles. The molecule has 0 radical (unpaired) electrons. The first kappa shape index (κ1) is 21.2. The maximum Gasteiger partial charge on any atom is 0.247 e. The normalized spacial score (nSPS) is 21.3. The van der Waals surface area contributed by atoms with Crippen molar-refractivity contribution in [1.82, 2.24) is 14.6 Å². The molecule has 1 aromatic carbocycles. The molecule has 32 heavy (non-hydrogen) atoms. The van der Waals surface area contributed by atoms with Crippen LogP contribution >= 0.6 is 0 Å². The summed E-state index contributed by atoms with van der Waals surface area (Å²) in [5.41, 5.74) is 2.94. The number of benzene rings is 1. The van der Waals surface area contributed by atoms with E-state index in [0.29, 0.717) is 0 Å². The highest BCUT2D eigenvalue weighted by Gasteiger charge is 2.37. The lowest BCUT2D eigenvalue weighted by Crippen LogP contribution is -2.46. The van der Waals surface area contributed by atoms with Crippen molar-refractivity contribution in [3.05, 3.63) is 42.1 Å². The van der Waals surface area contributed by atoms with Crippen LogP contribution in [0.15, 0.2) is 41.4 Å². The van der Waals surface area contributed by atoms with Crippen LogP contribution < -0.4 is 19.8 Å². The van der Waals surface area contributed by atoms with E-state index >= 15 is 0 Å². The highest BCUT2D eigenvalue weighted by Crippen LogP contribution is 2.35. The Morgan fingerprint density at radius 1 is 1.12 bits per heavy atom. The number of sulfonamides is 1. The van der Waals surface area contributed by atoms with Gasteiger partial charge in [0.25, 0.3) is 0 Å². The van der Waals surface area contributed by atoms with Crippen LogP contribution in [0.2, 0.25) is 0 Å². The van der Waals surface area contributed by atoms with E-state index in [1.165, 1.54) is 7.05 Å². The molecule has 0 unspecified atom stereocenters. The molecule has 1 atom stereocenters. The third kappa shape index (κ3) is 3.94. The first-order valence-corrected chi connectivity index (χ1v) is 12.5. The Balaban J connectivity index is 1.20. The molecular weight excluding hydrogens is 428 g/mol. The summed E-state index contributed by atoms with van der Waals surface area (Å²) >= 11 is 0. The number of pyridine rings is 1. The van der Waals surface area contributed by atoms with E-state index in [2.05, 4.69) is 35.8 Å². The van der Waals surface area contributed by atoms with Gasteiger partial charge in [-0.3, -0.25) is 9.69 Å². The van der Waals surface area contributed by atoms with Gasteiger partial charge in [0.15, 0.2) is 5.82 Å². The van der Waals surface area contributed by atoms with Gasteiger partial charge < -0.3 is 15.1 Å². The Morgan fingerprint density at radius 2 is 1.88 bits per heavy atom. The van der Waals surface area contributed by atoms with E-state index < -0.39 is 10.0 Å². The molecule has 5 rings (SSSR count). The summed E-state index contributed by atoms with van der Waals surface area (Å²) < 4.78 is 26.1. The molecule has 2 N–H and O–H groups in total. The Hall–Kier alpha value is -2.69. The van der Waals surface area contributed by atoms with Crippen molar-refractivity contribution in [3.63, 3.8) is 0 Å². The van der Waals surface area contributed by atoms with Crippen LogP contribution in [0.1, 0.15) is 18.4 Å². The van der Waals surface area contributed by atoms with E-state index in [1.54, 1.807) is 12.1 Å². The quantitative estimate of drug-likeness (QED) is 0.698. The predicted octanol–water partition coefficient (Wildman–Crippen LogP) is 1.23. The minimum atomic E-state index is -3.42. The van der Waals surface area contributed by atoms with Crippen LogP contribution in [0.5, 0.6) is 0 Å². The van der Waals surface area contributed by atoms with Crippen molar-refractivity contribution < 1.29 is 13.2 Å². The number of aromatic nitrogens is 1. The lowest BCUT2D eigenvalue weighted by atomic mass is 10.1. The van der Waals surface area contributed by atoms with Crippen molar-refractivity contribution in [2.75, 3.05) is 54.9 Å². The summed E-state index contributed by atoms with van der Waals surface area (Å²) in [5, 5.41) is 3.04. The minimum absolute atomic E-state index is 0.0682. The number of amides is 1. The number of nitrogens with zero attached hydrogens (tertiary/aromatic N) is 4. The molecular formula is C22H28N6O3S. The minimum Gasteiger partial charge on any atom is -0.369 e. The molecule has 0 spiro atoms. The fourth-order valence-electron chi connectivity index (χ4n) is 4.79. The van der Waals surface area contributed by atoms with Gasteiger partial charge in [-0.05, 0) is 55.8 Å². The molecule has 9 nitrogen and oxygen atoms in total.